The minimum atomic E-state index is 0.287. The summed E-state index contributed by atoms with van der Waals surface area (Å²) in [6, 6.07) is 0.877. The number of thiol groups is 2. The average Bonchev–Trinajstić information content (AvgIpc) is 2.53. The Morgan fingerprint density at radius 2 is 1.84 bits per heavy atom. The number of nitrogens with zero attached hydrogens (tertiary/aromatic N) is 1. The Bertz CT molecular complexity index is 476. The Balaban J connectivity index is 1.79. The number of nitrogens with one attached hydrogen (secondary N) is 1. The Kier molecular flexibility index (Phi) is 6.13. The quantitative estimate of drug-likeness (QED) is 0.364. The van der Waals surface area contributed by atoms with Crippen molar-refractivity contribution in [2.75, 3.05) is 37.7 Å². The number of nitrogens with two attached hydrogens (primary N) is 1. The molecule has 5 heteroatoms. The van der Waals surface area contributed by atoms with Gasteiger partial charge in [0.15, 0.2) is 0 Å². The van der Waals surface area contributed by atoms with Crippen LogP contribution in [0.25, 0.3) is 0 Å². The molecule has 0 amide bonds. The van der Waals surface area contributed by atoms with Gasteiger partial charge in [0.2, 0.25) is 0 Å². The average molecular weight is 386 g/mol. The number of hydrogen-bond acceptors (Lipinski definition) is 5. The second-order valence-corrected chi connectivity index (χ2v) is 10.8. The predicted molar refractivity (Wildman–Crippen MR) is 115 cm³/mol. The summed E-state index contributed by atoms with van der Waals surface area (Å²) in [6.45, 7) is 11.6. The first-order valence-corrected chi connectivity index (χ1v) is 11.5. The summed E-state index contributed by atoms with van der Waals surface area (Å²) in [5, 5.41) is 3.50. The van der Waals surface area contributed by atoms with Gasteiger partial charge in [0.25, 0.3) is 0 Å². The van der Waals surface area contributed by atoms with Crippen LogP contribution in [0.15, 0.2) is 0 Å². The van der Waals surface area contributed by atoms with Crippen molar-refractivity contribution in [3.63, 3.8) is 0 Å². The molecule has 3 nitrogen and oxygen atoms in total. The van der Waals surface area contributed by atoms with Crippen LogP contribution < -0.4 is 11.1 Å². The molecule has 0 aliphatic heterocycles. The molecule has 4 saturated carbocycles. The molecule has 146 valence electrons. The largest absolute Gasteiger partial charge is 0.327 e. The molecule has 4 bridgehead atoms. The number of hydrogen-bond donors (Lipinski definition) is 4. The van der Waals surface area contributed by atoms with E-state index in [1.807, 2.05) is 0 Å². The predicted octanol–water partition coefficient (Wildman–Crippen LogP) is 3.06. The molecule has 6 unspecified atom stereocenters. The molecule has 0 spiro atoms. The molecule has 25 heavy (non-hydrogen) atoms. The Labute approximate surface area is 166 Å². The maximum Gasteiger partial charge on any atom is 0.0165 e. The van der Waals surface area contributed by atoms with E-state index < -0.39 is 0 Å². The molecule has 6 atom stereocenters. The summed E-state index contributed by atoms with van der Waals surface area (Å²) in [5.74, 6) is 2.70. The fourth-order valence-electron chi connectivity index (χ4n) is 7.39. The van der Waals surface area contributed by atoms with E-state index in [0.717, 1.165) is 43.6 Å². The zero-order valence-electron chi connectivity index (χ0n) is 16.4. The van der Waals surface area contributed by atoms with Crippen LogP contribution in [0.1, 0.15) is 52.9 Å². The molecular weight excluding hydrogens is 346 g/mol. The smallest absolute Gasteiger partial charge is 0.0165 e. The molecule has 4 aliphatic carbocycles. The van der Waals surface area contributed by atoms with Gasteiger partial charge in [-0.1, -0.05) is 13.8 Å². The zero-order valence-corrected chi connectivity index (χ0v) is 18.2. The highest BCUT2D eigenvalue weighted by Gasteiger charge is 2.66. The van der Waals surface area contributed by atoms with E-state index in [-0.39, 0.29) is 5.41 Å². The van der Waals surface area contributed by atoms with E-state index in [0.29, 0.717) is 22.9 Å². The third-order valence-electron chi connectivity index (χ3n) is 7.79. The summed E-state index contributed by atoms with van der Waals surface area (Å²) < 4.78 is 0. The zero-order chi connectivity index (χ0) is 18.3. The van der Waals surface area contributed by atoms with E-state index in [9.17, 15) is 0 Å². The lowest BCUT2D eigenvalue weighted by molar-refractivity contribution is -0.184. The van der Waals surface area contributed by atoms with Crippen molar-refractivity contribution in [2.45, 2.75) is 65.0 Å². The monoisotopic (exact) mass is 385 g/mol. The molecule has 0 radical (unpaired) electrons. The van der Waals surface area contributed by atoms with E-state index >= 15 is 0 Å². The first-order chi connectivity index (χ1) is 11.8. The van der Waals surface area contributed by atoms with Gasteiger partial charge in [-0.25, -0.2) is 0 Å². The van der Waals surface area contributed by atoms with Crippen LogP contribution >= 0.6 is 25.3 Å². The summed E-state index contributed by atoms with van der Waals surface area (Å²) in [5.41, 5.74) is 8.18. The molecule has 0 aromatic carbocycles. The van der Waals surface area contributed by atoms with E-state index in [2.05, 4.69) is 56.2 Å². The van der Waals surface area contributed by atoms with Gasteiger partial charge in [-0.05, 0) is 55.8 Å². The molecular formula is C20H39N3S2. The molecule has 4 rings (SSSR count). The molecule has 4 aliphatic rings. The van der Waals surface area contributed by atoms with Crippen LogP contribution in [0, 0.1) is 22.2 Å². The van der Waals surface area contributed by atoms with Crippen molar-refractivity contribution < 1.29 is 0 Å². The maximum absolute atomic E-state index is 7.03. The highest BCUT2D eigenvalue weighted by Crippen LogP contribution is 2.70. The Morgan fingerprint density at radius 3 is 2.48 bits per heavy atom. The van der Waals surface area contributed by atoms with Gasteiger partial charge in [-0.2, -0.15) is 25.3 Å². The van der Waals surface area contributed by atoms with Gasteiger partial charge in [0.1, 0.15) is 0 Å². The molecule has 0 saturated heterocycles. The van der Waals surface area contributed by atoms with Crippen LogP contribution in [0.4, 0.5) is 0 Å². The van der Waals surface area contributed by atoms with Gasteiger partial charge in [0.05, 0.1) is 0 Å². The lowest BCUT2D eigenvalue weighted by atomic mass is 9.37. The van der Waals surface area contributed by atoms with Gasteiger partial charge in [0, 0.05) is 55.2 Å². The van der Waals surface area contributed by atoms with Crippen LogP contribution in [0.2, 0.25) is 0 Å². The van der Waals surface area contributed by atoms with Crippen LogP contribution in [0.3, 0.4) is 0 Å². The first-order valence-electron chi connectivity index (χ1n) is 10.2. The van der Waals surface area contributed by atoms with Crippen LogP contribution in [-0.2, 0) is 0 Å². The lowest BCUT2D eigenvalue weighted by Gasteiger charge is -2.70. The molecule has 4 fully saturated rings. The van der Waals surface area contributed by atoms with Crippen molar-refractivity contribution in [1.29, 1.82) is 0 Å². The fourth-order valence-corrected chi connectivity index (χ4v) is 7.81. The molecule has 0 aromatic heterocycles. The first kappa shape index (κ1) is 20.3. The van der Waals surface area contributed by atoms with E-state index in [1.54, 1.807) is 0 Å². The van der Waals surface area contributed by atoms with E-state index in [4.69, 9.17) is 5.73 Å². The van der Waals surface area contributed by atoms with Crippen molar-refractivity contribution in [2.24, 2.45) is 27.9 Å². The van der Waals surface area contributed by atoms with Gasteiger partial charge < -0.3 is 11.1 Å². The Hall–Kier alpha value is 0.580. The van der Waals surface area contributed by atoms with E-state index in [1.165, 1.54) is 32.1 Å². The highest BCUT2D eigenvalue weighted by atomic mass is 32.1. The SMILES string of the molecule is CC(N(CCS)CCNCCS)C12CC3CC(C)(CC(C)(C3)C1N)C2. The summed E-state index contributed by atoms with van der Waals surface area (Å²) >= 11 is 8.84. The van der Waals surface area contributed by atoms with Crippen molar-refractivity contribution in [3.05, 3.63) is 0 Å². The third-order valence-corrected chi connectivity index (χ3v) is 8.22. The second kappa shape index (κ2) is 7.54. The highest BCUT2D eigenvalue weighted by molar-refractivity contribution is 7.80. The molecule has 3 N–H and O–H groups in total. The maximum atomic E-state index is 7.03. The van der Waals surface area contributed by atoms with Gasteiger partial charge in [-0.15, -0.1) is 0 Å². The van der Waals surface area contributed by atoms with Crippen molar-refractivity contribution >= 4 is 25.3 Å². The topological polar surface area (TPSA) is 41.3 Å². The fraction of sp³-hybridized carbons (Fsp3) is 1.00. The molecule has 0 heterocycles. The standard InChI is InChI=1S/C20H39N3S2/c1-15(23(7-9-25)6-4-22-5-8-24)20-12-16-10-18(2,14-20)13-19(3,11-16)17(20)21/h15-17,22,24-25H,4-14,21H2,1-3H3. The normalized spacial score (nSPS) is 43.8. The molecule has 0 aromatic rings. The summed E-state index contributed by atoms with van der Waals surface area (Å²) in [6.07, 6.45) is 6.78. The van der Waals surface area contributed by atoms with Crippen molar-refractivity contribution in [3.8, 4) is 0 Å². The third kappa shape index (κ3) is 3.65. The minimum Gasteiger partial charge on any atom is -0.327 e. The summed E-state index contributed by atoms with van der Waals surface area (Å²) in [7, 11) is 0. The Morgan fingerprint density at radius 1 is 1.08 bits per heavy atom. The summed E-state index contributed by atoms with van der Waals surface area (Å²) in [4.78, 5) is 2.66. The van der Waals surface area contributed by atoms with Crippen LogP contribution in [0.5, 0.6) is 0 Å². The second-order valence-electron chi connectivity index (χ2n) is 9.92. The van der Waals surface area contributed by atoms with Crippen molar-refractivity contribution in [1.82, 2.24) is 10.2 Å². The van der Waals surface area contributed by atoms with Crippen LogP contribution in [-0.4, -0.2) is 54.7 Å². The van der Waals surface area contributed by atoms with Gasteiger partial charge in [-0.3, -0.25) is 4.90 Å². The lowest BCUT2D eigenvalue weighted by Crippen LogP contribution is -2.71. The minimum absolute atomic E-state index is 0.287. The van der Waals surface area contributed by atoms with Gasteiger partial charge >= 0.3 is 0 Å². The number of rotatable bonds is 9.